The molecule has 4 nitrogen and oxygen atoms in total. The molecule has 0 unspecified atom stereocenters. The predicted molar refractivity (Wildman–Crippen MR) is 61.2 cm³/mol. The highest BCUT2D eigenvalue weighted by molar-refractivity contribution is 5.20. The van der Waals surface area contributed by atoms with Crippen molar-refractivity contribution in [3.05, 3.63) is 42.5 Å². The van der Waals surface area contributed by atoms with Gasteiger partial charge in [-0.1, -0.05) is 18.2 Å². The highest BCUT2D eigenvalue weighted by atomic mass is 16.5. The van der Waals surface area contributed by atoms with Crippen molar-refractivity contribution >= 4 is 0 Å². The maximum atomic E-state index is 5.62. The number of benzene rings is 1. The number of aromatic nitrogens is 3. The van der Waals surface area contributed by atoms with Gasteiger partial charge in [-0.25, -0.2) is 0 Å². The zero-order valence-corrected chi connectivity index (χ0v) is 9.50. The smallest absolute Gasteiger partial charge is 0.171 e. The molecule has 1 heterocycles. The van der Waals surface area contributed by atoms with Crippen LogP contribution in [0.4, 0.5) is 0 Å². The van der Waals surface area contributed by atoms with Crippen molar-refractivity contribution in [1.29, 1.82) is 0 Å². The van der Waals surface area contributed by atoms with Gasteiger partial charge in [0.05, 0.1) is 0 Å². The highest BCUT2D eigenvalue weighted by Gasteiger charge is 2.07. The first-order chi connectivity index (χ1) is 7.77. The fourth-order valence-corrected chi connectivity index (χ4v) is 1.47. The molecule has 0 N–H and O–H groups in total. The third kappa shape index (κ3) is 2.39. The molecule has 1 aromatic carbocycles. The van der Waals surface area contributed by atoms with Crippen molar-refractivity contribution in [3.8, 4) is 5.75 Å². The Morgan fingerprint density at radius 3 is 2.69 bits per heavy atom. The van der Waals surface area contributed by atoms with Crippen LogP contribution in [0.2, 0.25) is 0 Å². The zero-order valence-electron chi connectivity index (χ0n) is 9.50. The Kier molecular flexibility index (Phi) is 3.19. The number of para-hydroxylation sites is 1. The molecule has 0 aliphatic heterocycles. The van der Waals surface area contributed by atoms with Crippen molar-refractivity contribution in [3.63, 3.8) is 0 Å². The summed E-state index contributed by atoms with van der Waals surface area (Å²) in [4.78, 5) is 0. The summed E-state index contributed by atoms with van der Waals surface area (Å²) in [6, 6.07) is 10.1. The first-order valence-electron chi connectivity index (χ1n) is 5.33. The fourth-order valence-electron chi connectivity index (χ4n) is 1.47. The molecule has 16 heavy (non-hydrogen) atoms. The van der Waals surface area contributed by atoms with Crippen LogP contribution in [0, 0.1) is 0 Å². The van der Waals surface area contributed by atoms with Gasteiger partial charge in [0.15, 0.2) is 5.82 Å². The second-order valence-electron chi connectivity index (χ2n) is 3.85. The van der Waals surface area contributed by atoms with E-state index in [1.165, 1.54) is 0 Å². The molecule has 1 aromatic heterocycles. The van der Waals surface area contributed by atoms with E-state index in [9.17, 15) is 0 Å². The molecule has 84 valence electrons. The third-order valence-electron chi connectivity index (χ3n) is 2.31. The van der Waals surface area contributed by atoms with Crippen LogP contribution < -0.4 is 4.74 Å². The molecule has 0 saturated carbocycles. The topological polar surface area (TPSA) is 39.9 Å². The van der Waals surface area contributed by atoms with Gasteiger partial charge < -0.3 is 9.30 Å². The molecule has 0 amide bonds. The molecular formula is C12H15N3O. The first-order valence-corrected chi connectivity index (χ1v) is 5.33. The lowest BCUT2D eigenvalue weighted by Gasteiger charge is -2.10. The Bertz CT molecular complexity index is 437. The van der Waals surface area contributed by atoms with Crippen LogP contribution in [0.3, 0.4) is 0 Å². The van der Waals surface area contributed by atoms with Crippen LogP contribution in [0.1, 0.15) is 25.7 Å². The quantitative estimate of drug-likeness (QED) is 0.789. The summed E-state index contributed by atoms with van der Waals surface area (Å²) in [6.07, 6.45) is 1.73. The molecule has 2 rings (SSSR count). The highest BCUT2D eigenvalue weighted by Crippen LogP contribution is 2.12. The molecule has 2 aromatic rings. The molecule has 0 saturated heterocycles. The molecule has 0 fully saturated rings. The van der Waals surface area contributed by atoms with Crippen molar-refractivity contribution < 1.29 is 4.74 Å². The van der Waals surface area contributed by atoms with Crippen LogP contribution in [0.25, 0.3) is 0 Å². The second-order valence-corrected chi connectivity index (χ2v) is 3.85. The lowest BCUT2D eigenvalue weighted by atomic mass is 10.3. The summed E-state index contributed by atoms with van der Waals surface area (Å²) in [6.45, 7) is 4.63. The van der Waals surface area contributed by atoms with Crippen LogP contribution in [0.5, 0.6) is 5.75 Å². The van der Waals surface area contributed by atoms with E-state index in [2.05, 4.69) is 24.0 Å². The fraction of sp³-hybridized carbons (Fsp3) is 0.333. The molecule has 0 radical (unpaired) electrons. The SMILES string of the molecule is CC(C)n1cnnc1COc1ccccc1. The first kappa shape index (κ1) is 10.7. The Morgan fingerprint density at radius 1 is 1.25 bits per heavy atom. The minimum atomic E-state index is 0.351. The standard InChI is InChI=1S/C12H15N3O/c1-10(2)15-9-13-14-12(15)8-16-11-6-4-3-5-7-11/h3-7,9-10H,8H2,1-2H3. The van der Waals surface area contributed by atoms with E-state index in [1.807, 2.05) is 34.9 Å². The van der Waals surface area contributed by atoms with Crippen molar-refractivity contribution in [2.45, 2.75) is 26.5 Å². The molecule has 0 aliphatic carbocycles. The second kappa shape index (κ2) is 4.79. The molecule has 0 atom stereocenters. The van der Waals surface area contributed by atoms with Gasteiger partial charge in [0, 0.05) is 6.04 Å². The molecular weight excluding hydrogens is 202 g/mol. The summed E-state index contributed by atoms with van der Waals surface area (Å²) in [5.41, 5.74) is 0. The van der Waals surface area contributed by atoms with E-state index < -0.39 is 0 Å². The van der Waals surface area contributed by atoms with E-state index in [0.29, 0.717) is 12.6 Å². The maximum Gasteiger partial charge on any atom is 0.171 e. The van der Waals surface area contributed by atoms with Gasteiger partial charge in [-0.15, -0.1) is 10.2 Å². The lowest BCUT2D eigenvalue weighted by Crippen LogP contribution is -2.08. The van der Waals surface area contributed by atoms with E-state index in [-0.39, 0.29) is 0 Å². The normalized spacial score (nSPS) is 10.7. The van der Waals surface area contributed by atoms with Gasteiger partial charge in [0.25, 0.3) is 0 Å². The Morgan fingerprint density at radius 2 is 2.00 bits per heavy atom. The molecule has 0 spiro atoms. The Balaban J connectivity index is 2.02. The maximum absolute atomic E-state index is 5.62. The minimum absolute atomic E-state index is 0.351. The average molecular weight is 217 g/mol. The van der Waals surface area contributed by atoms with Gasteiger partial charge >= 0.3 is 0 Å². The zero-order chi connectivity index (χ0) is 11.4. The van der Waals surface area contributed by atoms with E-state index in [0.717, 1.165) is 11.6 Å². The van der Waals surface area contributed by atoms with E-state index >= 15 is 0 Å². The van der Waals surface area contributed by atoms with Crippen LogP contribution in [0.15, 0.2) is 36.7 Å². The average Bonchev–Trinajstić information content (AvgIpc) is 2.76. The minimum Gasteiger partial charge on any atom is -0.486 e. The monoisotopic (exact) mass is 217 g/mol. The van der Waals surface area contributed by atoms with Crippen molar-refractivity contribution in [2.24, 2.45) is 0 Å². The van der Waals surface area contributed by atoms with Crippen LogP contribution in [-0.4, -0.2) is 14.8 Å². The molecule has 0 bridgehead atoms. The number of nitrogens with zero attached hydrogens (tertiary/aromatic N) is 3. The van der Waals surface area contributed by atoms with Gasteiger partial charge in [-0.05, 0) is 26.0 Å². The van der Waals surface area contributed by atoms with Crippen LogP contribution >= 0.6 is 0 Å². The summed E-state index contributed by atoms with van der Waals surface area (Å²) < 4.78 is 7.62. The summed E-state index contributed by atoms with van der Waals surface area (Å²) in [5, 5.41) is 7.93. The summed E-state index contributed by atoms with van der Waals surface area (Å²) in [5.74, 6) is 1.69. The largest absolute Gasteiger partial charge is 0.486 e. The van der Waals surface area contributed by atoms with Crippen molar-refractivity contribution in [2.75, 3.05) is 0 Å². The number of hydrogen-bond donors (Lipinski definition) is 0. The number of rotatable bonds is 4. The van der Waals surface area contributed by atoms with Gasteiger partial charge in [0.2, 0.25) is 0 Å². The molecule has 4 heteroatoms. The summed E-state index contributed by atoms with van der Waals surface area (Å²) >= 11 is 0. The van der Waals surface area contributed by atoms with Crippen LogP contribution in [-0.2, 0) is 6.61 Å². The number of hydrogen-bond acceptors (Lipinski definition) is 3. The van der Waals surface area contributed by atoms with Gasteiger partial charge in [-0.2, -0.15) is 0 Å². The molecule has 0 aliphatic rings. The Hall–Kier alpha value is -1.84. The van der Waals surface area contributed by atoms with E-state index in [1.54, 1.807) is 6.33 Å². The van der Waals surface area contributed by atoms with Crippen molar-refractivity contribution in [1.82, 2.24) is 14.8 Å². The number of ether oxygens (including phenoxy) is 1. The summed E-state index contributed by atoms with van der Waals surface area (Å²) in [7, 11) is 0. The lowest BCUT2D eigenvalue weighted by molar-refractivity contribution is 0.286. The van der Waals surface area contributed by atoms with Gasteiger partial charge in [-0.3, -0.25) is 0 Å². The predicted octanol–water partition coefficient (Wildman–Crippen LogP) is 2.44. The van der Waals surface area contributed by atoms with Gasteiger partial charge in [0.1, 0.15) is 18.7 Å². The Labute approximate surface area is 94.9 Å². The van der Waals surface area contributed by atoms with E-state index in [4.69, 9.17) is 4.74 Å². The third-order valence-corrected chi connectivity index (χ3v) is 2.31.